The molecule has 0 radical (unpaired) electrons. The summed E-state index contributed by atoms with van der Waals surface area (Å²) in [5.41, 5.74) is -0.288. The third-order valence-corrected chi connectivity index (χ3v) is 9.94. The number of hydrogen-bond acceptors (Lipinski definition) is 7. The van der Waals surface area contributed by atoms with E-state index in [0.717, 1.165) is 45.3 Å². The Bertz CT molecular complexity index is 1200. The zero-order valence-corrected chi connectivity index (χ0v) is 23.9. The number of rotatable bonds is 9. The average molecular weight is 568 g/mol. The number of nitriles is 1. The summed E-state index contributed by atoms with van der Waals surface area (Å²) in [6.07, 6.45) is 6.56. The van der Waals surface area contributed by atoms with Crippen LogP contribution >= 0.6 is 0 Å². The van der Waals surface area contributed by atoms with Gasteiger partial charge in [-0.15, -0.1) is 0 Å². The molecule has 4 aliphatic rings. The summed E-state index contributed by atoms with van der Waals surface area (Å²) >= 11 is 0. The number of carbonyl (C=O) groups excluding carboxylic acids is 2. The lowest BCUT2D eigenvalue weighted by atomic mass is 9.75. The number of aliphatic carboxylic acids is 1. The number of fused-ring (bicyclic) bond motifs is 2. The highest BCUT2D eigenvalue weighted by molar-refractivity contribution is 5.98. The summed E-state index contributed by atoms with van der Waals surface area (Å²) in [6.45, 7) is 3.84. The highest BCUT2D eigenvalue weighted by atomic mass is 16.5. The number of benzene rings is 1. The van der Waals surface area contributed by atoms with Crippen LogP contribution in [-0.4, -0.2) is 61.9 Å². The lowest BCUT2D eigenvalue weighted by molar-refractivity contribution is -0.150. The van der Waals surface area contributed by atoms with E-state index in [1.807, 2.05) is 0 Å². The Labute approximate surface area is 241 Å². The van der Waals surface area contributed by atoms with Gasteiger partial charge in [0.2, 0.25) is 5.91 Å². The van der Waals surface area contributed by atoms with Crippen molar-refractivity contribution in [3.05, 3.63) is 23.3 Å². The molecule has 5 rings (SSSR count). The molecular weight excluding hydrogens is 526 g/mol. The van der Waals surface area contributed by atoms with Crippen LogP contribution < -0.4 is 20.1 Å². The van der Waals surface area contributed by atoms with Crippen LogP contribution in [0.15, 0.2) is 12.1 Å². The lowest BCUT2D eigenvalue weighted by Crippen LogP contribution is -2.50. The fourth-order valence-corrected chi connectivity index (χ4v) is 7.25. The van der Waals surface area contributed by atoms with E-state index in [1.54, 1.807) is 13.0 Å². The molecule has 0 unspecified atom stereocenters. The summed E-state index contributed by atoms with van der Waals surface area (Å²) in [5, 5.41) is 25.6. The molecule has 3 N–H and O–H groups in total. The minimum absolute atomic E-state index is 0.00969. The molecule has 1 aliphatic heterocycles. The van der Waals surface area contributed by atoms with Gasteiger partial charge < -0.3 is 30.0 Å². The first-order chi connectivity index (χ1) is 19.7. The van der Waals surface area contributed by atoms with Crippen molar-refractivity contribution >= 4 is 17.8 Å². The Morgan fingerprint density at radius 2 is 1.78 bits per heavy atom. The van der Waals surface area contributed by atoms with Crippen LogP contribution in [0.5, 0.6) is 11.5 Å². The molecule has 3 saturated carbocycles. The average Bonchev–Trinajstić information content (AvgIpc) is 3.59. The molecule has 41 heavy (non-hydrogen) atoms. The van der Waals surface area contributed by atoms with E-state index in [2.05, 4.69) is 16.7 Å². The number of carboxylic acids is 1. The van der Waals surface area contributed by atoms with E-state index in [-0.39, 0.29) is 64.3 Å². The molecule has 1 heterocycles. The maximum atomic E-state index is 13.7. The highest BCUT2D eigenvalue weighted by Crippen LogP contribution is 2.49. The van der Waals surface area contributed by atoms with E-state index < -0.39 is 11.4 Å². The maximum absolute atomic E-state index is 13.7. The first kappa shape index (κ1) is 29.2. The van der Waals surface area contributed by atoms with Crippen LogP contribution in [-0.2, 0) is 14.3 Å². The van der Waals surface area contributed by atoms with Gasteiger partial charge in [-0.3, -0.25) is 14.4 Å². The molecule has 2 amide bonds. The highest BCUT2D eigenvalue weighted by Gasteiger charge is 2.51. The van der Waals surface area contributed by atoms with Gasteiger partial charge in [0.25, 0.3) is 5.91 Å². The van der Waals surface area contributed by atoms with Crippen molar-refractivity contribution in [2.75, 3.05) is 26.9 Å². The van der Waals surface area contributed by atoms with E-state index in [1.165, 1.54) is 13.2 Å². The Morgan fingerprint density at radius 3 is 2.44 bits per heavy atom. The first-order valence-corrected chi connectivity index (χ1v) is 14.9. The summed E-state index contributed by atoms with van der Waals surface area (Å²) in [5.74, 6) is 0.0179. The van der Waals surface area contributed by atoms with E-state index in [4.69, 9.17) is 14.2 Å². The van der Waals surface area contributed by atoms with E-state index >= 15 is 0 Å². The smallest absolute Gasteiger partial charge is 0.309 e. The predicted molar refractivity (Wildman–Crippen MR) is 148 cm³/mol. The predicted octanol–water partition coefficient (Wildman–Crippen LogP) is 3.67. The number of ether oxygens (including phenoxy) is 3. The topological polar surface area (TPSA) is 147 Å². The minimum Gasteiger partial charge on any atom is -0.496 e. The SMILES string of the molecule is COc1cc(C#N)c(O[C@H]2CC[C@@](C)(C(=O)O)CC2)cc1C(=O)N[C@@H]1[C@H]2CC[C@H](C2)[C@@H]1C(=O)NCC1CCOCC1. The monoisotopic (exact) mass is 567 g/mol. The van der Waals surface area contributed by atoms with Crippen molar-refractivity contribution in [1.29, 1.82) is 5.26 Å². The Balaban J connectivity index is 1.29. The molecule has 1 aromatic rings. The number of hydrogen-bond donors (Lipinski definition) is 3. The Hall–Kier alpha value is -3.32. The molecule has 10 heteroatoms. The van der Waals surface area contributed by atoms with Crippen molar-refractivity contribution in [1.82, 2.24) is 10.6 Å². The molecule has 1 aromatic carbocycles. The Kier molecular flexibility index (Phi) is 8.74. The standard InChI is InChI=1S/C31H41N3O7/c1-31(30(37)38)9-5-22(6-10-31)41-24-15-23(25(39-2)14-21(24)16-32)28(35)34-27-20-4-3-19(13-20)26(27)29(36)33-17-18-7-11-40-12-8-18/h14-15,18-20,22,26-27H,3-13,17H2,1-2H3,(H,33,36)(H,34,35)(H,37,38)/t19-,20+,22-,26+,27-,31+/m1/s1. The fourth-order valence-electron chi connectivity index (χ4n) is 7.25. The maximum Gasteiger partial charge on any atom is 0.309 e. The van der Waals surface area contributed by atoms with Crippen LogP contribution in [0.1, 0.15) is 80.6 Å². The second-order valence-electron chi connectivity index (χ2n) is 12.5. The molecule has 4 fully saturated rings. The third-order valence-electron chi connectivity index (χ3n) is 9.94. The van der Waals surface area contributed by atoms with Gasteiger partial charge in [0.1, 0.15) is 17.6 Å². The number of methoxy groups -OCH3 is 1. The van der Waals surface area contributed by atoms with Crippen LogP contribution in [0.25, 0.3) is 0 Å². The van der Waals surface area contributed by atoms with E-state index in [0.29, 0.717) is 38.1 Å². The van der Waals surface area contributed by atoms with Crippen LogP contribution in [0.3, 0.4) is 0 Å². The molecule has 4 atom stereocenters. The lowest BCUT2D eigenvalue weighted by Gasteiger charge is -2.34. The number of nitrogens with one attached hydrogen (secondary N) is 2. The largest absolute Gasteiger partial charge is 0.496 e. The molecule has 2 bridgehead atoms. The summed E-state index contributed by atoms with van der Waals surface area (Å²) in [7, 11) is 1.45. The number of carbonyl (C=O) groups is 3. The van der Waals surface area contributed by atoms with Gasteiger partial charge in [-0.05, 0) is 88.5 Å². The zero-order chi connectivity index (χ0) is 29.1. The van der Waals surface area contributed by atoms with Gasteiger partial charge in [-0.2, -0.15) is 5.26 Å². The van der Waals surface area contributed by atoms with E-state index in [9.17, 15) is 24.8 Å². The second-order valence-corrected chi connectivity index (χ2v) is 12.5. The molecule has 0 spiro atoms. The molecule has 10 nitrogen and oxygen atoms in total. The quantitative estimate of drug-likeness (QED) is 0.410. The van der Waals surface area contributed by atoms with Gasteiger partial charge in [-0.1, -0.05) is 0 Å². The number of amides is 2. The zero-order valence-electron chi connectivity index (χ0n) is 23.9. The third kappa shape index (κ3) is 6.15. The van der Waals surface area contributed by atoms with Crippen LogP contribution in [0.4, 0.5) is 0 Å². The van der Waals surface area contributed by atoms with Crippen molar-refractivity contribution in [3.8, 4) is 17.6 Å². The molecule has 3 aliphatic carbocycles. The normalized spacial score (nSPS) is 31.2. The fraction of sp³-hybridized carbons (Fsp3) is 0.677. The van der Waals surface area contributed by atoms with Crippen molar-refractivity contribution < 1.29 is 33.7 Å². The van der Waals surface area contributed by atoms with Gasteiger partial charge in [0.05, 0.1) is 35.7 Å². The molecule has 1 saturated heterocycles. The molecular formula is C31H41N3O7. The number of nitrogens with zero attached hydrogens (tertiary/aromatic N) is 1. The van der Waals surface area contributed by atoms with Crippen molar-refractivity contribution in [3.63, 3.8) is 0 Å². The number of carboxylic acid groups (broad SMARTS) is 1. The van der Waals surface area contributed by atoms with Crippen molar-refractivity contribution in [2.45, 2.75) is 76.9 Å². The second kappa shape index (κ2) is 12.3. The van der Waals surface area contributed by atoms with Gasteiger partial charge in [0.15, 0.2) is 0 Å². The molecule has 0 aromatic heterocycles. The summed E-state index contributed by atoms with van der Waals surface area (Å²) < 4.78 is 17.1. The Morgan fingerprint density at radius 1 is 1.07 bits per heavy atom. The minimum atomic E-state index is -0.812. The van der Waals surface area contributed by atoms with Crippen LogP contribution in [0, 0.1) is 40.4 Å². The first-order valence-electron chi connectivity index (χ1n) is 14.9. The van der Waals surface area contributed by atoms with Gasteiger partial charge in [-0.25, -0.2) is 0 Å². The molecule has 222 valence electrons. The van der Waals surface area contributed by atoms with Crippen LogP contribution in [0.2, 0.25) is 0 Å². The summed E-state index contributed by atoms with van der Waals surface area (Å²) in [4.78, 5) is 38.7. The summed E-state index contributed by atoms with van der Waals surface area (Å²) in [6, 6.07) is 4.91. The van der Waals surface area contributed by atoms with Gasteiger partial charge in [0, 0.05) is 31.9 Å². The van der Waals surface area contributed by atoms with Gasteiger partial charge >= 0.3 is 5.97 Å². The van der Waals surface area contributed by atoms with Crippen molar-refractivity contribution in [2.24, 2.45) is 29.1 Å².